The summed E-state index contributed by atoms with van der Waals surface area (Å²) in [5.41, 5.74) is 2.05. The Balaban J connectivity index is 1.66. The van der Waals surface area contributed by atoms with Gasteiger partial charge in [-0.3, -0.25) is 4.79 Å². The SMILES string of the molecule is CCNC(=O)c1cccc(NC(=O)NC2CCOc3ccccc32)c1. The maximum absolute atomic E-state index is 12.3. The minimum Gasteiger partial charge on any atom is -0.493 e. The Morgan fingerprint density at radius 3 is 2.84 bits per heavy atom. The number of carbonyl (C=O) groups is 2. The van der Waals surface area contributed by atoms with Gasteiger partial charge in [-0.05, 0) is 31.2 Å². The molecule has 1 atom stereocenters. The average Bonchev–Trinajstić information content (AvgIpc) is 2.62. The van der Waals surface area contributed by atoms with Gasteiger partial charge in [0.2, 0.25) is 0 Å². The third-order valence-corrected chi connectivity index (χ3v) is 3.98. The van der Waals surface area contributed by atoms with Crippen LogP contribution in [-0.2, 0) is 0 Å². The number of rotatable bonds is 4. The third-order valence-electron chi connectivity index (χ3n) is 3.98. The largest absolute Gasteiger partial charge is 0.493 e. The van der Waals surface area contributed by atoms with Crippen molar-refractivity contribution in [3.8, 4) is 5.75 Å². The molecule has 1 aliphatic rings. The first-order chi connectivity index (χ1) is 12.2. The zero-order chi connectivity index (χ0) is 17.6. The number of hydrogen-bond acceptors (Lipinski definition) is 3. The first kappa shape index (κ1) is 16.8. The summed E-state index contributed by atoms with van der Waals surface area (Å²) in [6.45, 7) is 2.98. The van der Waals surface area contributed by atoms with Crippen molar-refractivity contribution in [2.75, 3.05) is 18.5 Å². The molecule has 6 nitrogen and oxygen atoms in total. The molecule has 130 valence electrons. The van der Waals surface area contributed by atoms with Gasteiger partial charge in [-0.15, -0.1) is 0 Å². The van der Waals surface area contributed by atoms with E-state index in [4.69, 9.17) is 4.74 Å². The Hall–Kier alpha value is -3.02. The highest BCUT2D eigenvalue weighted by Gasteiger charge is 2.22. The lowest BCUT2D eigenvalue weighted by molar-refractivity contribution is 0.0956. The number of hydrogen-bond donors (Lipinski definition) is 3. The highest BCUT2D eigenvalue weighted by molar-refractivity contribution is 5.96. The van der Waals surface area contributed by atoms with Gasteiger partial charge in [0.15, 0.2) is 0 Å². The van der Waals surface area contributed by atoms with Crippen LogP contribution in [0.1, 0.15) is 35.3 Å². The van der Waals surface area contributed by atoms with Gasteiger partial charge >= 0.3 is 6.03 Å². The lowest BCUT2D eigenvalue weighted by Crippen LogP contribution is -2.35. The van der Waals surface area contributed by atoms with Crippen LogP contribution in [0.25, 0.3) is 0 Å². The Morgan fingerprint density at radius 1 is 1.16 bits per heavy atom. The number of para-hydroxylation sites is 1. The minimum absolute atomic E-state index is 0.100. The van der Waals surface area contributed by atoms with E-state index < -0.39 is 0 Å². The molecule has 25 heavy (non-hydrogen) atoms. The first-order valence-corrected chi connectivity index (χ1v) is 8.35. The number of nitrogens with one attached hydrogen (secondary N) is 3. The molecule has 0 aromatic heterocycles. The van der Waals surface area contributed by atoms with E-state index in [0.717, 1.165) is 11.3 Å². The summed E-state index contributed by atoms with van der Waals surface area (Å²) in [7, 11) is 0. The summed E-state index contributed by atoms with van der Waals surface area (Å²) >= 11 is 0. The zero-order valence-corrected chi connectivity index (χ0v) is 14.0. The molecule has 0 bridgehead atoms. The predicted molar refractivity (Wildman–Crippen MR) is 95.9 cm³/mol. The van der Waals surface area contributed by atoms with Crippen molar-refractivity contribution in [1.82, 2.24) is 10.6 Å². The molecule has 0 aliphatic carbocycles. The van der Waals surface area contributed by atoms with Crippen molar-refractivity contribution in [3.05, 3.63) is 59.7 Å². The maximum Gasteiger partial charge on any atom is 0.319 e. The quantitative estimate of drug-likeness (QED) is 0.801. The van der Waals surface area contributed by atoms with Crippen LogP contribution in [0.15, 0.2) is 48.5 Å². The zero-order valence-electron chi connectivity index (χ0n) is 14.0. The van der Waals surface area contributed by atoms with Crippen LogP contribution in [0.2, 0.25) is 0 Å². The van der Waals surface area contributed by atoms with Crippen LogP contribution in [0.4, 0.5) is 10.5 Å². The number of amides is 3. The van der Waals surface area contributed by atoms with E-state index in [1.807, 2.05) is 31.2 Å². The Morgan fingerprint density at radius 2 is 2.00 bits per heavy atom. The molecular weight excluding hydrogens is 318 g/mol. The van der Waals surface area contributed by atoms with E-state index in [0.29, 0.717) is 30.8 Å². The normalized spacial score (nSPS) is 15.5. The van der Waals surface area contributed by atoms with Crippen molar-refractivity contribution in [3.63, 3.8) is 0 Å². The average molecular weight is 339 g/mol. The van der Waals surface area contributed by atoms with Crippen molar-refractivity contribution >= 4 is 17.6 Å². The van der Waals surface area contributed by atoms with E-state index in [1.54, 1.807) is 24.3 Å². The van der Waals surface area contributed by atoms with Crippen LogP contribution in [0.3, 0.4) is 0 Å². The smallest absolute Gasteiger partial charge is 0.319 e. The fourth-order valence-electron chi connectivity index (χ4n) is 2.82. The summed E-state index contributed by atoms with van der Waals surface area (Å²) in [6.07, 6.45) is 0.712. The molecule has 1 aliphatic heterocycles. The number of fused-ring (bicyclic) bond motifs is 1. The lowest BCUT2D eigenvalue weighted by Gasteiger charge is -2.26. The summed E-state index contributed by atoms with van der Waals surface area (Å²) in [5, 5.41) is 8.49. The number of anilines is 1. The van der Waals surface area contributed by atoms with E-state index in [-0.39, 0.29) is 18.0 Å². The van der Waals surface area contributed by atoms with Gasteiger partial charge in [0, 0.05) is 29.8 Å². The van der Waals surface area contributed by atoms with Crippen LogP contribution >= 0.6 is 0 Å². The molecule has 3 amide bonds. The van der Waals surface area contributed by atoms with E-state index in [1.165, 1.54) is 0 Å². The molecule has 1 unspecified atom stereocenters. The summed E-state index contributed by atoms with van der Waals surface area (Å²) in [6, 6.07) is 14.1. The van der Waals surface area contributed by atoms with Crippen LogP contribution < -0.4 is 20.7 Å². The van der Waals surface area contributed by atoms with Crippen molar-refractivity contribution in [1.29, 1.82) is 0 Å². The van der Waals surface area contributed by atoms with E-state index in [2.05, 4.69) is 16.0 Å². The lowest BCUT2D eigenvalue weighted by atomic mass is 10.0. The van der Waals surface area contributed by atoms with Crippen LogP contribution in [-0.4, -0.2) is 25.1 Å². The highest BCUT2D eigenvalue weighted by Crippen LogP contribution is 2.31. The molecule has 6 heteroatoms. The predicted octanol–water partition coefficient (Wildman–Crippen LogP) is 3.08. The monoisotopic (exact) mass is 339 g/mol. The molecule has 0 spiro atoms. The van der Waals surface area contributed by atoms with Crippen molar-refractivity contribution in [2.45, 2.75) is 19.4 Å². The summed E-state index contributed by atoms with van der Waals surface area (Å²) in [5.74, 6) is 0.641. The fourth-order valence-corrected chi connectivity index (χ4v) is 2.82. The van der Waals surface area contributed by atoms with Gasteiger partial charge in [0.25, 0.3) is 5.91 Å². The molecule has 0 radical (unpaired) electrons. The maximum atomic E-state index is 12.3. The van der Waals surface area contributed by atoms with Gasteiger partial charge in [-0.25, -0.2) is 4.79 Å². The van der Waals surface area contributed by atoms with Crippen LogP contribution in [0.5, 0.6) is 5.75 Å². The van der Waals surface area contributed by atoms with Crippen molar-refractivity contribution in [2.24, 2.45) is 0 Å². The number of ether oxygens (including phenoxy) is 1. The van der Waals surface area contributed by atoms with Gasteiger partial charge in [0.1, 0.15) is 5.75 Å². The Bertz CT molecular complexity index is 776. The standard InChI is InChI=1S/C19H21N3O3/c1-2-20-18(23)13-6-5-7-14(12-13)21-19(24)22-16-10-11-25-17-9-4-3-8-15(16)17/h3-9,12,16H,2,10-11H2,1H3,(H,20,23)(H2,21,22,24). The number of urea groups is 1. The van der Waals surface area contributed by atoms with Gasteiger partial charge in [-0.1, -0.05) is 24.3 Å². The molecular formula is C19H21N3O3. The molecule has 1 heterocycles. The Kier molecular flexibility index (Phi) is 5.18. The second kappa shape index (κ2) is 7.70. The van der Waals surface area contributed by atoms with Gasteiger partial charge in [0.05, 0.1) is 12.6 Å². The molecule has 0 saturated carbocycles. The first-order valence-electron chi connectivity index (χ1n) is 8.35. The Labute approximate surface area is 146 Å². The van der Waals surface area contributed by atoms with Crippen LogP contribution in [0, 0.1) is 0 Å². The summed E-state index contributed by atoms with van der Waals surface area (Å²) in [4.78, 5) is 24.2. The second-order valence-electron chi connectivity index (χ2n) is 5.77. The minimum atomic E-state index is -0.310. The topological polar surface area (TPSA) is 79.5 Å². The number of carbonyl (C=O) groups excluding carboxylic acids is 2. The number of benzene rings is 2. The van der Waals surface area contributed by atoms with E-state index >= 15 is 0 Å². The molecule has 3 rings (SSSR count). The molecule has 3 N–H and O–H groups in total. The molecule has 2 aromatic carbocycles. The molecule has 2 aromatic rings. The van der Waals surface area contributed by atoms with Gasteiger partial charge < -0.3 is 20.7 Å². The highest BCUT2D eigenvalue weighted by atomic mass is 16.5. The van der Waals surface area contributed by atoms with Crippen molar-refractivity contribution < 1.29 is 14.3 Å². The second-order valence-corrected chi connectivity index (χ2v) is 5.77. The van der Waals surface area contributed by atoms with Gasteiger partial charge in [-0.2, -0.15) is 0 Å². The summed E-state index contributed by atoms with van der Waals surface area (Å²) < 4.78 is 5.60. The third kappa shape index (κ3) is 4.09. The fraction of sp³-hybridized carbons (Fsp3) is 0.263. The molecule has 0 fully saturated rings. The molecule has 0 saturated heterocycles. The van der Waals surface area contributed by atoms with E-state index in [9.17, 15) is 9.59 Å².